The molecule has 0 bridgehead atoms. The largest absolute Gasteiger partial charge is 0.449 e. The highest BCUT2D eigenvalue weighted by Gasteiger charge is 2.19. The quantitative estimate of drug-likeness (QED) is 0.637. The number of nitrogens with one attached hydrogen (secondary N) is 1. The van der Waals surface area contributed by atoms with Gasteiger partial charge in [0.25, 0.3) is 5.91 Å². The van der Waals surface area contributed by atoms with Crippen molar-refractivity contribution in [3.05, 3.63) is 47.8 Å². The van der Waals surface area contributed by atoms with Gasteiger partial charge in [0.2, 0.25) is 0 Å². The van der Waals surface area contributed by atoms with E-state index in [1.54, 1.807) is 37.5 Å². The fourth-order valence-corrected chi connectivity index (χ4v) is 2.99. The normalized spacial score (nSPS) is 15.2. The molecule has 1 aliphatic rings. The summed E-state index contributed by atoms with van der Waals surface area (Å²) in [5.74, 6) is -0.828. The van der Waals surface area contributed by atoms with Gasteiger partial charge in [-0.25, -0.2) is 4.79 Å². The van der Waals surface area contributed by atoms with Crippen molar-refractivity contribution < 1.29 is 14.3 Å². The van der Waals surface area contributed by atoms with Crippen molar-refractivity contribution in [1.29, 1.82) is 0 Å². The molecule has 6 heteroatoms. The highest BCUT2D eigenvalue weighted by Crippen LogP contribution is 2.19. The van der Waals surface area contributed by atoms with Gasteiger partial charge in [-0.1, -0.05) is 11.6 Å². The lowest BCUT2D eigenvalue weighted by molar-refractivity contribution is -0.129. The second-order valence-electron chi connectivity index (χ2n) is 6.46. The maximum absolute atomic E-state index is 12.3. The molecule has 1 aliphatic carbocycles. The summed E-state index contributed by atoms with van der Waals surface area (Å²) >= 11 is 0. The van der Waals surface area contributed by atoms with Gasteiger partial charge >= 0.3 is 5.97 Å². The van der Waals surface area contributed by atoms with E-state index in [4.69, 9.17) is 4.74 Å². The fourth-order valence-electron chi connectivity index (χ4n) is 2.99. The maximum Gasteiger partial charge on any atom is 0.338 e. The smallest absolute Gasteiger partial charge is 0.338 e. The number of nitrogens with zero attached hydrogens (tertiary/aromatic N) is 2. The number of rotatable bonds is 6. The number of amides is 1. The highest BCUT2D eigenvalue weighted by atomic mass is 16.5. The van der Waals surface area contributed by atoms with Crippen LogP contribution in [0.2, 0.25) is 0 Å². The second-order valence-corrected chi connectivity index (χ2v) is 6.46. The van der Waals surface area contributed by atoms with Gasteiger partial charge in [-0.15, -0.1) is 0 Å². The Balaban J connectivity index is 1.50. The van der Waals surface area contributed by atoms with E-state index in [0.29, 0.717) is 23.1 Å². The Bertz CT molecular complexity index is 832. The lowest BCUT2D eigenvalue weighted by atomic mass is 9.97. The lowest BCUT2D eigenvalue weighted by Gasteiger charge is -2.15. The van der Waals surface area contributed by atoms with E-state index in [9.17, 15) is 9.59 Å². The van der Waals surface area contributed by atoms with E-state index in [1.165, 1.54) is 18.4 Å². The van der Waals surface area contributed by atoms with Crippen molar-refractivity contribution in [2.24, 2.45) is 0 Å². The van der Waals surface area contributed by atoms with Crippen molar-refractivity contribution in [3.8, 4) is 0 Å². The predicted octanol–water partition coefficient (Wildman–Crippen LogP) is 3.18. The molecule has 0 saturated carbocycles. The van der Waals surface area contributed by atoms with Crippen LogP contribution in [0.25, 0.3) is 11.0 Å². The molecular formula is C20H23N3O3. The molecule has 1 atom stereocenters. The molecule has 26 heavy (non-hydrogen) atoms. The van der Waals surface area contributed by atoms with Crippen LogP contribution in [0.5, 0.6) is 0 Å². The van der Waals surface area contributed by atoms with Gasteiger partial charge < -0.3 is 10.1 Å². The topological polar surface area (TPSA) is 81.2 Å². The van der Waals surface area contributed by atoms with Crippen LogP contribution in [-0.2, 0) is 9.53 Å². The number of benzene rings is 1. The van der Waals surface area contributed by atoms with Crippen LogP contribution in [-0.4, -0.2) is 34.5 Å². The summed E-state index contributed by atoms with van der Waals surface area (Å²) in [7, 11) is 0. The Labute approximate surface area is 152 Å². The molecule has 136 valence electrons. The molecule has 0 unspecified atom stereocenters. The minimum atomic E-state index is -0.847. The summed E-state index contributed by atoms with van der Waals surface area (Å²) in [5, 5.41) is 2.84. The summed E-state index contributed by atoms with van der Waals surface area (Å²) < 4.78 is 5.28. The number of esters is 1. The van der Waals surface area contributed by atoms with Crippen LogP contribution in [0.3, 0.4) is 0 Å². The van der Waals surface area contributed by atoms with Crippen LogP contribution < -0.4 is 5.32 Å². The monoisotopic (exact) mass is 353 g/mol. The summed E-state index contributed by atoms with van der Waals surface area (Å²) in [5.41, 5.74) is 3.06. The third-order valence-electron chi connectivity index (χ3n) is 4.49. The zero-order valence-corrected chi connectivity index (χ0v) is 14.9. The van der Waals surface area contributed by atoms with E-state index in [0.717, 1.165) is 19.3 Å². The first-order valence-electron chi connectivity index (χ1n) is 9.01. The molecule has 0 fully saturated rings. The Morgan fingerprint density at radius 1 is 1.19 bits per heavy atom. The molecule has 0 spiro atoms. The molecule has 6 nitrogen and oxygen atoms in total. The zero-order valence-electron chi connectivity index (χ0n) is 14.9. The Hall–Kier alpha value is -2.76. The average Bonchev–Trinajstić information content (AvgIpc) is 2.68. The molecule has 1 aromatic carbocycles. The number of fused-ring (bicyclic) bond motifs is 1. The number of carbonyl (C=O) groups is 2. The molecule has 0 saturated heterocycles. The van der Waals surface area contributed by atoms with Gasteiger partial charge in [0.15, 0.2) is 6.10 Å². The molecule has 2 aromatic rings. The first-order chi connectivity index (χ1) is 12.6. The number of allylic oxidation sites excluding steroid dienone is 1. The van der Waals surface area contributed by atoms with Crippen LogP contribution in [0.4, 0.5) is 0 Å². The van der Waals surface area contributed by atoms with Crippen LogP contribution in [0, 0.1) is 0 Å². The molecule has 3 rings (SSSR count). The third-order valence-corrected chi connectivity index (χ3v) is 4.49. The van der Waals surface area contributed by atoms with Crippen LogP contribution in [0.15, 0.2) is 42.2 Å². The van der Waals surface area contributed by atoms with Crippen molar-refractivity contribution in [2.45, 2.75) is 45.1 Å². The van der Waals surface area contributed by atoms with Crippen molar-refractivity contribution in [2.75, 3.05) is 6.54 Å². The van der Waals surface area contributed by atoms with Crippen LogP contribution in [0.1, 0.15) is 49.4 Å². The standard InChI is InChI=1S/C20H23N3O3/c1-14(19(24)23-10-9-15-5-3-2-4-6-15)26-20(25)16-7-8-17-18(13-16)22-12-11-21-17/h5,7-8,11-14H,2-4,6,9-10H2,1H3,(H,23,24)/t14-/m1/s1. The number of carbonyl (C=O) groups excluding carboxylic acids is 2. The summed E-state index contributed by atoms with van der Waals surface area (Å²) in [4.78, 5) is 32.7. The Morgan fingerprint density at radius 2 is 2.00 bits per heavy atom. The average molecular weight is 353 g/mol. The van der Waals surface area contributed by atoms with Gasteiger partial charge in [-0.3, -0.25) is 14.8 Å². The van der Waals surface area contributed by atoms with Crippen molar-refractivity contribution >= 4 is 22.9 Å². The zero-order chi connectivity index (χ0) is 18.4. The number of hydrogen-bond acceptors (Lipinski definition) is 5. The molecular weight excluding hydrogens is 330 g/mol. The van der Waals surface area contributed by atoms with Gasteiger partial charge in [0.1, 0.15) is 0 Å². The van der Waals surface area contributed by atoms with E-state index < -0.39 is 12.1 Å². The highest BCUT2D eigenvalue weighted by molar-refractivity contribution is 5.95. The predicted molar refractivity (Wildman–Crippen MR) is 98.6 cm³/mol. The Kier molecular flexibility index (Phi) is 5.94. The van der Waals surface area contributed by atoms with E-state index >= 15 is 0 Å². The molecule has 0 radical (unpaired) electrons. The van der Waals surface area contributed by atoms with E-state index in [-0.39, 0.29) is 5.91 Å². The minimum absolute atomic E-state index is 0.282. The summed E-state index contributed by atoms with van der Waals surface area (Å²) in [6.45, 7) is 2.14. The van der Waals surface area contributed by atoms with E-state index in [1.807, 2.05) is 0 Å². The fraction of sp³-hybridized carbons (Fsp3) is 0.400. The number of hydrogen-bond donors (Lipinski definition) is 1. The summed E-state index contributed by atoms with van der Waals surface area (Å²) in [6, 6.07) is 4.95. The molecule has 1 N–H and O–H groups in total. The van der Waals surface area contributed by atoms with Crippen molar-refractivity contribution in [1.82, 2.24) is 15.3 Å². The van der Waals surface area contributed by atoms with Crippen LogP contribution >= 0.6 is 0 Å². The number of ether oxygens (including phenoxy) is 1. The summed E-state index contributed by atoms with van der Waals surface area (Å²) in [6.07, 6.45) is 10.2. The number of aromatic nitrogens is 2. The third kappa shape index (κ3) is 4.65. The Morgan fingerprint density at radius 3 is 2.77 bits per heavy atom. The molecule has 0 aliphatic heterocycles. The molecule has 1 amide bonds. The lowest BCUT2D eigenvalue weighted by Crippen LogP contribution is -2.36. The SMILES string of the molecule is C[C@@H](OC(=O)c1ccc2nccnc2c1)C(=O)NCCC1=CCCCC1. The van der Waals surface area contributed by atoms with Gasteiger partial charge in [0.05, 0.1) is 16.6 Å². The van der Waals surface area contributed by atoms with Crippen molar-refractivity contribution in [3.63, 3.8) is 0 Å². The van der Waals surface area contributed by atoms with E-state index in [2.05, 4.69) is 21.4 Å². The van der Waals surface area contributed by atoms with Gasteiger partial charge in [0, 0.05) is 18.9 Å². The van der Waals surface area contributed by atoms with Gasteiger partial charge in [-0.2, -0.15) is 0 Å². The second kappa shape index (κ2) is 8.56. The first kappa shape index (κ1) is 18.0. The minimum Gasteiger partial charge on any atom is -0.449 e. The first-order valence-corrected chi connectivity index (χ1v) is 9.01. The van der Waals surface area contributed by atoms with Gasteiger partial charge in [-0.05, 0) is 57.2 Å². The molecule has 1 aromatic heterocycles. The molecule has 1 heterocycles. The maximum atomic E-state index is 12.3.